The van der Waals surface area contributed by atoms with E-state index in [1.807, 2.05) is 13.8 Å². The van der Waals surface area contributed by atoms with Gasteiger partial charge in [0, 0.05) is 5.41 Å². The maximum atomic E-state index is 10.7. The molecule has 0 aromatic carbocycles. The van der Waals surface area contributed by atoms with E-state index in [0.717, 1.165) is 0 Å². The van der Waals surface area contributed by atoms with Gasteiger partial charge >= 0.3 is 5.82 Å². The molecule has 0 unspecified atom stereocenters. The first-order valence-electron chi connectivity index (χ1n) is 4.79. The molecule has 0 saturated carbocycles. The minimum atomic E-state index is -0.553. The van der Waals surface area contributed by atoms with Crippen LogP contribution >= 0.6 is 12.6 Å². The molecule has 1 heterocycles. The van der Waals surface area contributed by atoms with E-state index in [1.54, 1.807) is 12.1 Å². The summed E-state index contributed by atoms with van der Waals surface area (Å²) >= 11 is 4.18. The van der Waals surface area contributed by atoms with Crippen molar-refractivity contribution in [1.82, 2.24) is 4.98 Å². The van der Waals surface area contributed by atoms with Crippen LogP contribution in [0.2, 0.25) is 0 Å². The molecular formula is C10H14N2O3S. The maximum Gasteiger partial charge on any atom is 0.406 e. The van der Waals surface area contributed by atoms with Gasteiger partial charge in [0.05, 0.1) is 6.61 Å². The van der Waals surface area contributed by atoms with Crippen LogP contribution in [0.3, 0.4) is 0 Å². The predicted molar refractivity (Wildman–Crippen MR) is 64.0 cm³/mol. The Balaban J connectivity index is 2.78. The van der Waals surface area contributed by atoms with Gasteiger partial charge in [0.2, 0.25) is 5.75 Å². The minimum absolute atomic E-state index is 0.132. The van der Waals surface area contributed by atoms with Gasteiger partial charge in [0.1, 0.15) is 6.20 Å². The number of hydrogen-bond donors (Lipinski definition) is 1. The van der Waals surface area contributed by atoms with E-state index in [4.69, 9.17) is 4.74 Å². The Morgan fingerprint density at radius 2 is 2.31 bits per heavy atom. The van der Waals surface area contributed by atoms with Gasteiger partial charge in [-0.05, 0) is 27.8 Å². The fourth-order valence-electron chi connectivity index (χ4n) is 0.951. The van der Waals surface area contributed by atoms with Crippen molar-refractivity contribution in [3.63, 3.8) is 0 Å². The molecule has 1 rings (SSSR count). The van der Waals surface area contributed by atoms with Gasteiger partial charge in [0.25, 0.3) is 0 Å². The Morgan fingerprint density at radius 1 is 1.62 bits per heavy atom. The minimum Gasteiger partial charge on any atom is -0.485 e. The summed E-state index contributed by atoms with van der Waals surface area (Å²) in [5, 5.41) is 10.7. The van der Waals surface area contributed by atoms with Crippen LogP contribution in [0.1, 0.15) is 13.8 Å². The van der Waals surface area contributed by atoms with Crippen molar-refractivity contribution in [3.8, 4) is 5.75 Å². The SMILES string of the molecule is CC(C)(CS)COc1cccnc1[N+](=O)[O-]. The van der Waals surface area contributed by atoms with Gasteiger partial charge < -0.3 is 14.9 Å². The first kappa shape index (κ1) is 12.8. The fourth-order valence-corrected chi connectivity index (χ4v) is 1.04. The Morgan fingerprint density at radius 3 is 2.88 bits per heavy atom. The summed E-state index contributed by atoms with van der Waals surface area (Å²) in [6, 6.07) is 3.15. The third-order valence-electron chi connectivity index (χ3n) is 1.97. The zero-order valence-corrected chi connectivity index (χ0v) is 10.1. The lowest BCUT2D eigenvalue weighted by Gasteiger charge is -2.21. The lowest BCUT2D eigenvalue weighted by Crippen LogP contribution is -2.23. The molecule has 16 heavy (non-hydrogen) atoms. The topological polar surface area (TPSA) is 65.3 Å². The van der Waals surface area contributed by atoms with Crippen LogP contribution < -0.4 is 4.74 Å². The van der Waals surface area contributed by atoms with Crippen LogP contribution in [0.25, 0.3) is 0 Å². The van der Waals surface area contributed by atoms with Crippen molar-refractivity contribution in [2.75, 3.05) is 12.4 Å². The highest BCUT2D eigenvalue weighted by atomic mass is 32.1. The van der Waals surface area contributed by atoms with Crippen molar-refractivity contribution in [1.29, 1.82) is 0 Å². The van der Waals surface area contributed by atoms with E-state index < -0.39 is 4.92 Å². The van der Waals surface area contributed by atoms with E-state index in [1.165, 1.54) is 6.20 Å². The number of hydrogen-bond acceptors (Lipinski definition) is 5. The van der Waals surface area contributed by atoms with Gasteiger partial charge in [-0.1, -0.05) is 13.8 Å². The first-order valence-corrected chi connectivity index (χ1v) is 5.42. The molecule has 5 nitrogen and oxygen atoms in total. The van der Waals surface area contributed by atoms with E-state index in [9.17, 15) is 10.1 Å². The van der Waals surface area contributed by atoms with Crippen molar-refractivity contribution in [2.45, 2.75) is 13.8 Å². The number of pyridine rings is 1. The number of nitrogens with zero attached hydrogens (tertiary/aromatic N) is 2. The van der Waals surface area contributed by atoms with Gasteiger partial charge in [-0.3, -0.25) is 0 Å². The molecule has 0 amide bonds. The summed E-state index contributed by atoms with van der Waals surface area (Å²) in [5.41, 5.74) is -0.132. The van der Waals surface area contributed by atoms with Crippen molar-refractivity contribution in [3.05, 3.63) is 28.4 Å². The molecule has 1 aromatic rings. The average Bonchev–Trinajstić information content (AvgIpc) is 2.27. The van der Waals surface area contributed by atoms with Crippen molar-refractivity contribution in [2.24, 2.45) is 5.41 Å². The summed E-state index contributed by atoms with van der Waals surface area (Å²) < 4.78 is 5.40. The van der Waals surface area contributed by atoms with E-state index in [-0.39, 0.29) is 17.0 Å². The molecule has 0 fully saturated rings. The smallest absolute Gasteiger partial charge is 0.406 e. The Kier molecular flexibility index (Phi) is 4.12. The molecule has 0 aliphatic carbocycles. The van der Waals surface area contributed by atoms with Gasteiger partial charge in [0.15, 0.2) is 0 Å². The lowest BCUT2D eigenvalue weighted by atomic mass is 9.98. The molecule has 88 valence electrons. The highest BCUT2D eigenvalue weighted by Gasteiger charge is 2.21. The summed E-state index contributed by atoms with van der Waals surface area (Å²) in [6.45, 7) is 4.31. The maximum absolute atomic E-state index is 10.7. The average molecular weight is 242 g/mol. The number of thiol groups is 1. The van der Waals surface area contributed by atoms with E-state index in [0.29, 0.717) is 12.4 Å². The molecule has 6 heteroatoms. The van der Waals surface area contributed by atoms with Crippen LogP contribution in [-0.4, -0.2) is 22.3 Å². The molecule has 0 aliphatic heterocycles. The molecule has 0 radical (unpaired) electrons. The number of nitro groups is 1. The van der Waals surface area contributed by atoms with E-state index >= 15 is 0 Å². The molecule has 0 atom stereocenters. The third-order valence-corrected chi connectivity index (χ3v) is 2.83. The molecule has 1 aromatic heterocycles. The normalized spacial score (nSPS) is 11.2. The van der Waals surface area contributed by atoms with Crippen LogP contribution in [-0.2, 0) is 0 Å². The largest absolute Gasteiger partial charge is 0.485 e. The highest BCUT2D eigenvalue weighted by Crippen LogP contribution is 2.26. The fraction of sp³-hybridized carbons (Fsp3) is 0.500. The first-order chi connectivity index (χ1) is 7.46. The number of rotatable bonds is 5. The van der Waals surface area contributed by atoms with E-state index in [2.05, 4.69) is 17.6 Å². The molecular weight excluding hydrogens is 228 g/mol. The summed E-state index contributed by atoms with van der Waals surface area (Å²) in [5.74, 6) is 0.584. The second-order valence-corrected chi connectivity index (χ2v) is 4.51. The Bertz CT molecular complexity index is 382. The van der Waals surface area contributed by atoms with Crippen molar-refractivity contribution < 1.29 is 9.66 Å². The molecule has 0 saturated heterocycles. The predicted octanol–water partition coefficient (Wildman–Crippen LogP) is 2.32. The highest BCUT2D eigenvalue weighted by molar-refractivity contribution is 7.80. The quantitative estimate of drug-likeness (QED) is 0.489. The second-order valence-electron chi connectivity index (χ2n) is 4.19. The molecule has 0 N–H and O–H groups in total. The van der Waals surface area contributed by atoms with Crippen LogP contribution in [0.4, 0.5) is 5.82 Å². The van der Waals surface area contributed by atoms with Gasteiger partial charge in [-0.2, -0.15) is 12.6 Å². The molecule has 0 aliphatic rings. The second kappa shape index (κ2) is 5.16. The lowest BCUT2D eigenvalue weighted by molar-refractivity contribution is -0.390. The zero-order chi connectivity index (χ0) is 12.2. The van der Waals surface area contributed by atoms with Crippen LogP contribution in [0.5, 0.6) is 5.75 Å². The third kappa shape index (κ3) is 3.37. The summed E-state index contributed by atoms with van der Waals surface area (Å²) in [4.78, 5) is 13.8. The number of aromatic nitrogens is 1. The van der Waals surface area contributed by atoms with Gasteiger partial charge in [-0.15, -0.1) is 0 Å². The van der Waals surface area contributed by atoms with Crippen molar-refractivity contribution >= 4 is 18.4 Å². The zero-order valence-electron chi connectivity index (χ0n) is 9.21. The molecule has 0 bridgehead atoms. The van der Waals surface area contributed by atoms with Crippen LogP contribution in [0, 0.1) is 15.5 Å². The monoisotopic (exact) mass is 242 g/mol. The molecule has 0 spiro atoms. The standard InChI is InChI=1S/C10H14N2O3S/c1-10(2,7-16)6-15-8-4-3-5-11-9(8)12(13)14/h3-5,16H,6-7H2,1-2H3. The summed E-state index contributed by atoms with van der Waals surface area (Å²) in [7, 11) is 0. The number of ether oxygens (including phenoxy) is 1. The van der Waals surface area contributed by atoms with Crippen LogP contribution in [0.15, 0.2) is 18.3 Å². The van der Waals surface area contributed by atoms with Gasteiger partial charge in [-0.25, -0.2) is 0 Å². The summed E-state index contributed by atoms with van der Waals surface area (Å²) in [6.07, 6.45) is 1.37. The Hall–Kier alpha value is -1.30. The Labute approximate surface area is 99.4 Å².